The van der Waals surface area contributed by atoms with E-state index in [0.717, 1.165) is 31.3 Å². The molecule has 2 aliphatic heterocycles. The average molecular weight is 265 g/mol. The molecule has 19 heavy (non-hydrogen) atoms. The van der Waals surface area contributed by atoms with Crippen molar-refractivity contribution in [2.75, 3.05) is 26.2 Å². The number of carbonyl (C=O) groups is 1. The lowest BCUT2D eigenvalue weighted by atomic mass is 9.97. The molecule has 0 spiro atoms. The quantitative estimate of drug-likeness (QED) is 0.800. The van der Waals surface area contributed by atoms with Crippen LogP contribution in [0, 0.1) is 5.92 Å². The molecule has 1 aliphatic carbocycles. The third-order valence-corrected chi connectivity index (χ3v) is 4.81. The molecule has 0 aromatic heterocycles. The van der Waals surface area contributed by atoms with Crippen LogP contribution in [-0.4, -0.2) is 49.1 Å². The topological polar surface area (TPSA) is 44.4 Å². The normalized spacial score (nSPS) is 33.0. The number of nitrogens with zero attached hydrogens (tertiary/aromatic N) is 1. The molecule has 0 bridgehead atoms. The Morgan fingerprint density at radius 2 is 1.89 bits per heavy atom. The molecule has 3 rings (SSSR count). The van der Waals surface area contributed by atoms with E-state index in [1.165, 1.54) is 51.7 Å². The summed E-state index contributed by atoms with van der Waals surface area (Å²) in [6.45, 7) is 4.43. The van der Waals surface area contributed by atoms with E-state index in [9.17, 15) is 4.79 Å². The third kappa shape index (κ3) is 3.69. The summed E-state index contributed by atoms with van der Waals surface area (Å²) in [5.74, 6) is 1.05. The zero-order valence-electron chi connectivity index (χ0n) is 11.9. The van der Waals surface area contributed by atoms with E-state index in [2.05, 4.69) is 15.5 Å². The minimum Gasteiger partial charge on any atom is -0.356 e. The van der Waals surface area contributed by atoms with Crippen molar-refractivity contribution in [2.45, 2.75) is 57.0 Å². The van der Waals surface area contributed by atoms with Crippen LogP contribution in [0.25, 0.3) is 0 Å². The van der Waals surface area contributed by atoms with Crippen molar-refractivity contribution in [3.8, 4) is 0 Å². The van der Waals surface area contributed by atoms with Gasteiger partial charge in [0.15, 0.2) is 0 Å². The first-order valence-electron chi connectivity index (χ1n) is 8.06. The van der Waals surface area contributed by atoms with E-state index < -0.39 is 0 Å². The van der Waals surface area contributed by atoms with Crippen molar-refractivity contribution in [3.63, 3.8) is 0 Å². The van der Waals surface area contributed by atoms with Crippen LogP contribution in [0.4, 0.5) is 0 Å². The molecule has 1 saturated carbocycles. The predicted octanol–water partition coefficient (Wildman–Crippen LogP) is 1.12. The minimum atomic E-state index is 0.259. The predicted molar refractivity (Wildman–Crippen MR) is 76.0 cm³/mol. The summed E-state index contributed by atoms with van der Waals surface area (Å²) in [6, 6.07) is 1.27. The maximum absolute atomic E-state index is 11.8. The number of hydrogen-bond donors (Lipinski definition) is 2. The molecule has 4 nitrogen and oxygen atoms in total. The highest BCUT2D eigenvalue weighted by Crippen LogP contribution is 2.32. The monoisotopic (exact) mass is 265 g/mol. The van der Waals surface area contributed by atoms with Crippen LogP contribution >= 0.6 is 0 Å². The van der Waals surface area contributed by atoms with Crippen LogP contribution in [0.1, 0.15) is 44.9 Å². The molecule has 2 heterocycles. The van der Waals surface area contributed by atoms with Gasteiger partial charge in [0, 0.05) is 31.6 Å². The summed E-state index contributed by atoms with van der Waals surface area (Å²) in [6.07, 6.45) is 8.41. The van der Waals surface area contributed by atoms with E-state index in [1.807, 2.05) is 0 Å². The van der Waals surface area contributed by atoms with Gasteiger partial charge in [0.25, 0.3) is 0 Å². The van der Waals surface area contributed by atoms with Gasteiger partial charge < -0.3 is 10.6 Å². The number of amides is 1. The molecule has 0 radical (unpaired) electrons. The van der Waals surface area contributed by atoms with Crippen LogP contribution in [0.15, 0.2) is 0 Å². The number of rotatable bonds is 4. The van der Waals surface area contributed by atoms with Crippen molar-refractivity contribution in [3.05, 3.63) is 0 Å². The minimum absolute atomic E-state index is 0.259. The van der Waals surface area contributed by atoms with Gasteiger partial charge in [0.05, 0.1) is 0 Å². The maximum Gasteiger partial charge on any atom is 0.221 e. The second-order valence-electron chi connectivity index (χ2n) is 6.49. The Morgan fingerprint density at radius 1 is 1.05 bits per heavy atom. The summed E-state index contributed by atoms with van der Waals surface area (Å²) in [7, 11) is 0. The van der Waals surface area contributed by atoms with Crippen molar-refractivity contribution in [1.29, 1.82) is 0 Å². The van der Waals surface area contributed by atoms with Crippen LogP contribution in [0.5, 0.6) is 0 Å². The summed E-state index contributed by atoms with van der Waals surface area (Å²) >= 11 is 0. The molecule has 1 amide bonds. The molecule has 0 aromatic carbocycles. The maximum atomic E-state index is 11.8. The summed E-state index contributed by atoms with van der Waals surface area (Å²) in [4.78, 5) is 14.5. The molecule has 2 N–H and O–H groups in total. The first-order chi connectivity index (χ1) is 9.33. The summed E-state index contributed by atoms with van der Waals surface area (Å²) in [5, 5.41) is 6.53. The molecule has 4 heteroatoms. The molecular weight excluding hydrogens is 238 g/mol. The van der Waals surface area contributed by atoms with E-state index >= 15 is 0 Å². The van der Waals surface area contributed by atoms with E-state index in [-0.39, 0.29) is 5.91 Å². The standard InChI is InChI=1S/C15H27N3O/c19-15-9-14(4-2-8-17-15)18(13-5-6-13)11-12-3-1-7-16-10-12/h12-14,16H,1-11H2,(H,17,19). The molecule has 108 valence electrons. The SMILES string of the molecule is O=C1CC(N(CC2CCCNC2)C2CC2)CCCN1. The largest absolute Gasteiger partial charge is 0.356 e. The molecule has 2 saturated heterocycles. The Bertz CT molecular complexity index is 311. The van der Waals surface area contributed by atoms with Gasteiger partial charge in [0.1, 0.15) is 0 Å². The lowest BCUT2D eigenvalue weighted by molar-refractivity contribution is -0.121. The zero-order valence-corrected chi connectivity index (χ0v) is 11.9. The average Bonchev–Trinajstić information content (AvgIpc) is 3.25. The van der Waals surface area contributed by atoms with Crippen LogP contribution in [-0.2, 0) is 4.79 Å². The second kappa shape index (κ2) is 6.23. The number of nitrogens with one attached hydrogen (secondary N) is 2. The van der Waals surface area contributed by atoms with Gasteiger partial charge in [-0.15, -0.1) is 0 Å². The highest BCUT2D eigenvalue weighted by Gasteiger charge is 2.36. The van der Waals surface area contributed by atoms with E-state index in [0.29, 0.717) is 6.04 Å². The van der Waals surface area contributed by atoms with Crippen molar-refractivity contribution in [1.82, 2.24) is 15.5 Å². The summed E-state index contributed by atoms with van der Waals surface area (Å²) in [5.41, 5.74) is 0. The summed E-state index contributed by atoms with van der Waals surface area (Å²) < 4.78 is 0. The smallest absolute Gasteiger partial charge is 0.221 e. The Hall–Kier alpha value is -0.610. The van der Waals surface area contributed by atoms with Crippen LogP contribution in [0.3, 0.4) is 0 Å². The van der Waals surface area contributed by atoms with E-state index in [4.69, 9.17) is 0 Å². The zero-order chi connectivity index (χ0) is 13.1. The molecule has 0 aromatic rings. The first kappa shape index (κ1) is 13.4. The number of hydrogen-bond acceptors (Lipinski definition) is 3. The fourth-order valence-corrected chi connectivity index (χ4v) is 3.62. The van der Waals surface area contributed by atoms with Crippen molar-refractivity contribution >= 4 is 5.91 Å². The van der Waals surface area contributed by atoms with Gasteiger partial charge in [-0.3, -0.25) is 9.69 Å². The Balaban J connectivity index is 1.60. The van der Waals surface area contributed by atoms with Gasteiger partial charge in [-0.25, -0.2) is 0 Å². The highest BCUT2D eigenvalue weighted by atomic mass is 16.1. The van der Waals surface area contributed by atoms with Crippen LogP contribution in [0.2, 0.25) is 0 Å². The van der Waals surface area contributed by atoms with Gasteiger partial charge in [-0.2, -0.15) is 0 Å². The van der Waals surface area contributed by atoms with Gasteiger partial charge in [-0.1, -0.05) is 0 Å². The van der Waals surface area contributed by atoms with E-state index in [1.54, 1.807) is 0 Å². The van der Waals surface area contributed by atoms with Crippen LogP contribution < -0.4 is 10.6 Å². The lowest BCUT2D eigenvalue weighted by Gasteiger charge is -2.35. The number of piperidine rings is 1. The Labute approximate surface area is 116 Å². The molecule has 3 fully saturated rings. The van der Waals surface area contributed by atoms with Crippen molar-refractivity contribution in [2.24, 2.45) is 5.92 Å². The fraction of sp³-hybridized carbons (Fsp3) is 0.933. The molecule has 3 aliphatic rings. The fourth-order valence-electron chi connectivity index (χ4n) is 3.62. The van der Waals surface area contributed by atoms with Crippen molar-refractivity contribution < 1.29 is 4.79 Å². The highest BCUT2D eigenvalue weighted by molar-refractivity contribution is 5.76. The number of carbonyl (C=O) groups excluding carboxylic acids is 1. The lowest BCUT2D eigenvalue weighted by Crippen LogP contribution is -2.45. The molecule has 2 unspecified atom stereocenters. The Morgan fingerprint density at radius 3 is 2.63 bits per heavy atom. The van der Waals surface area contributed by atoms with Gasteiger partial charge in [-0.05, 0) is 57.5 Å². The first-order valence-corrected chi connectivity index (χ1v) is 8.06. The van der Waals surface area contributed by atoms with Gasteiger partial charge >= 0.3 is 0 Å². The third-order valence-electron chi connectivity index (χ3n) is 4.81. The Kier molecular flexibility index (Phi) is 4.38. The molecule has 2 atom stereocenters. The van der Waals surface area contributed by atoms with Gasteiger partial charge in [0.2, 0.25) is 5.91 Å². The molecular formula is C15H27N3O. The second-order valence-corrected chi connectivity index (χ2v) is 6.49.